The third kappa shape index (κ3) is 2.89. The quantitative estimate of drug-likeness (QED) is 0.897. The summed E-state index contributed by atoms with van der Waals surface area (Å²) in [7, 11) is 1.63. The molecule has 20 heavy (non-hydrogen) atoms. The predicted molar refractivity (Wildman–Crippen MR) is 85.4 cm³/mol. The number of rotatable bonds is 3. The second kappa shape index (κ2) is 5.98. The van der Waals surface area contributed by atoms with E-state index < -0.39 is 6.10 Å². The minimum absolute atomic E-state index is 0.708. The van der Waals surface area contributed by atoms with Crippen molar-refractivity contribution in [3.8, 4) is 5.75 Å². The first kappa shape index (κ1) is 15.1. The van der Waals surface area contributed by atoms with Crippen molar-refractivity contribution >= 4 is 15.9 Å². The number of aliphatic hydroxyl groups excluding tert-OH is 1. The zero-order valence-electron chi connectivity index (χ0n) is 12.2. The third-order valence-corrected chi connectivity index (χ3v) is 4.15. The molecule has 0 aliphatic carbocycles. The maximum atomic E-state index is 10.8. The Bertz CT molecular complexity index is 635. The number of aryl methyl sites for hydroxylation is 3. The highest BCUT2D eigenvalue weighted by Crippen LogP contribution is 2.36. The number of hydrogen-bond acceptors (Lipinski definition) is 2. The molecule has 1 unspecified atom stereocenters. The normalized spacial score (nSPS) is 12.3. The monoisotopic (exact) mass is 334 g/mol. The summed E-state index contributed by atoms with van der Waals surface area (Å²) in [5.74, 6) is 0.725. The summed E-state index contributed by atoms with van der Waals surface area (Å²) in [6.45, 7) is 6.04. The summed E-state index contributed by atoms with van der Waals surface area (Å²) in [5, 5.41) is 10.8. The first-order valence-corrected chi connectivity index (χ1v) is 7.32. The molecule has 0 spiro atoms. The molecule has 3 heteroatoms. The van der Waals surface area contributed by atoms with E-state index >= 15 is 0 Å². The molecule has 0 amide bonds. The molecule has 0 heterocycles. The van der Waals surface area contributed by atoms with Crippen LogP contribution in [0.2, 0.25) is 0 Å². The van der Waals surface area contributed by atoms with Gasteiger partial charge >= 0.3 is 0 Å². The zero-order chi connectivity index (χ0) is 14.9. The highest BCUT2D eigenvalue weighted by Gasteiger charge is 2.20. The van der Waals surface area contributed by atoms with Crippen LogP contribution in [0.1, 0.15) is 33.9 Å². The van der Waals surface area contributed by atoms with Crippen molar-refractivity contribution in [2.45, 2.75) is 26.9 Å². The number of halogens is 1. The predicted octanol–water partition coefficient (Wildman–Crippen LogP) is 4.46. The van der Waals surface area contributed by atoms with Gasteiger partial charge in [0.1, 0.15) is 11.9 Å². The van der Waals surface area contributed by atoms with Crippen LogP contribution >= 0.6 is 15.9 Å². The Morgan fingerprint density at radius 1 is 1.05 bits per heavy atom. The second-order valence-electron chi connectivity index (χ2n) is 5.13. The Morgan fingerprint density at radius 2 is 1.75 bits per heavy atom. The molecule has 0 saturated carbocycles. The van der Waals surface area contributed by atoms with E-state index in [2.05, 4.69) is 22.0 Å². The molecule has 2 aromatic rings. The topological polar surface area (TPSA) is 29.5 Å². The van der Waals surface area contributed by atoms with Crippen LogP contribution in [0.25, 0.3) is 0 Å². The van der Waals surface area contributed by atoms with E-state index in [9.17, 15) is 5.11 Å². The molecule has 0 aliphatic heterocycles. The van der Waals surface area contributed by atoms with Gasteiger partial charge in [-0.2, -0.15) is 0 Å². The molecule has 0 aromatic heterocycles. The average Bonchev–Trinajstić information content (AvgIpc) is 2.40. The van der Waals surface area contributed by atoms with Crippen molar-refractivity contribution in [2.24, 2.45) is 0 Å². The Labute approximate surface area is 128 Å². The fraction of sp³-hybridized carbons (Fsp3) is 0.294. The molecule has 1 atom stereocenters. The van der Waals surface area contributed by atoms with Crippen LogP contribution in [-0.4, -0.2) is 12.2 Å². The first-order chi connectivity index (χ1) is 9.43. The van der Waals surface area contributed by atoms with Crippen LogP contribution < -0.4 is 4.74 Å². The third-order valence-electron chi connectivity index (χ3n) is 3.43. The van der Waals surface area contributed by atoms with Gasteiger partial charge in [0.2, 0.25) is 0 Å². The smallest absolute Gasteiger partial charge is 0.125 e. The molecule has 0 bridgehead atoms. The lowest BCUT2D eigenvalue weighted by atomic mass is 9.94. The Kier molecular flexibility index (Phi) is 4.51. The SMILES string of the molecule is COc1cc(C)cc(C)c1C(O)c1cc(C)ccc1Br. The Hall–Kier alpha value is -1.32. The number of benzene rings is 2. The number of hydrogen-bond donors (Lipinski definition) is 1. The number of ether oxygens (including phenoxy) is 1. The van der Waals surface area contributed by atoms with Crippen LogP contribution in [0, 0.1) is 20.8 Å². The largest absolute Gasteiger partial charge is 0.496 e. The summed E-state index contributed by atoms with van der Waals surface area (Å²) in [6, 6.07) is 9.98. The van der Waals surface area contributed by atoms with Crippen molar-refractivity contribution < 1.29 is 9.84 Å². The minimum Gasteiger partial charge on any atom is -0.496 e. The van der Waals surface area contributed by atoms with Gasteiger partial charge in [-0.1, -0.05) is 39.7 Å². The lowest BCUT2D eigenvalue weighted by Gasteiger charge is -2.20. The molecule has 1 N–H and O–H groups in total. The van der Waals surface area contributed by atoms with E-state index in [-0.39, 0.29) is 0 Å². The van der Waals surface area contributed by atoms with Crippen molar-refractivity contribution in [3.05, 3.63) is 62.6 Å². The van der Waals surface area contributed by atoms with Gasteiger partial charge in [-0.3, -0.25) is 0 Å². The summed E-state index contributed by atoms with van der Waals surface area (Å²) in [5.41, 5.74) is 4.95. The van der Waals surface area contributed by atoms with E-state index in [0.29, 0.717) is 0 Å². The van der Waals surface area contributed by atoms with Gasteiger partial charge in [-0.05, 0) is 49.6 Å². The summed E-state index contributed by atoms with van der Waals surface area (Å²) >= 11 is 3.51. The second-order valence-corrected chi connectivity index (χ2v) is 5.98. The average molecular weight is 335 g/mol. The van der Waals surface area contributed by atoms with Crippen LogP contribution in [0.4, 0.5) is 0 Å². The molecule has 0 aliphatic rings. The zero-order valence-corrected chi connectivity index (χ0v) is 13.8. The molecule has 2 rings (SSSR count). The van der Waals surface area contributed by atoms with Crippen LogP contribution in [0.5, 0.6) is 5.75 Å². The molecule has 0 radical (unpaired) electrons. The highest BCUT2D eigenvalue weighted by atomic mass is 79.9. The summed E-state index contributed by atoms with van der Waals surface area (Å²) in [6.07, 6.45) is -0.708. The molecule has 2 aromatic carbocycles. The van der Waals surface area contributed by atoms with E-state index in [1.165, 1.54) is 0 Å². The van der Waals surface area contributed by atoms with Gasteiger partial charge in [-0.25, -0.2) is 0 Å². The molecule has 0 saturated heterocycles. The maximum absolute atomic E-state index is 10.8. The lowest BCUT2D eigenvalue weighted by Crippen LogP contribution is -2.06. The van der Waals surface area contributed by atoms with Crippen molar-refractivity contribution in [3.63, 3.8) is 0 Å². The van der Waals surface area contributed by atoms with Crippen molar-refractivity contribution in [1.82, 2.24) is 0 Å². The fourth-order valence-electron chi connectivity index (χ4n) is 2.49. The van der Waals surface area contributed by atoms with E-state index in [4.69, 9.17) is 4.74 Å². The van der Waals surface area contributed by atoms with Crippen molar-refractivity contribution in [1.29, 1.82) is 0 Å². The Morgan fingerprint density at radius 3 is 2.40 bits per heavy atom. The standard InChI is InChI=1S/C17H19BrO2/c1-10-5-6-14(18)13(8-10)17(19)16-12(3)7-11(2)9-15(16)20-4/h5-9,17,19H,1-4H3. The molecule has 2 nitrogen and oxygen atoms in total. The number of methoxy groups -OCH3 is 1. The van der Waals surface area contributed by atoms with Gasteiger partial charge < -0.3 is 9.84 Å². The van der Waals surface area contributed by atoms with Gasteiger partial charge in [0.15, 0.2) is 0 Å². The van der Waals surface area contributed by atoms with E-state index in [1.807, 2.05) is 45.0 Å². The highest BCUT2D eigenvalue weighted by molar-refractivity contribution is 9.10. The summed E-state index contributed by atoms with van der Waals surface area (Å²) < 4.78 is 6.35. The van der Waals surface area contributed by atoms with Gasteiger partial charge in [0, 0.05) is 10.0 Å². The molecule has 106 valence electrons. The maximum Gasteiger partial charge on any atom is 0.125 e. The fourth-order valence-corrected chi connectivity index (χ4v) is 2.95. The van der Waals surface area contributed by atoms with Gasteiger partial charge in [0.05, 0.1) is 7.11 Å². The van der Waals surface area contributed by atoms with Crippen molar-refractivity contribution in [2.75, 3.05) is 7.11 Å². The van der Waals surface area contributed by atoms with E-state index in [1.54, 1.807) is 7.11 Å². The van der Waals surface area contributed by atoms with Gasteiger partial charge in [-0.15, -0.1) is 0 Å². The minimum atomic E-state index is -0.708. The van der Waals surface area contributed by atoms with Crippen LogP contribution in [0.15, 0.2) is 34.8 Å². The van der Waals surface area contributed by atoms with Crippen LogP contribution in [0.3, 0.4) is 0 Å². The van der Waals surface area contributed by atoms with Gasteiger partial charge in [0.25, 0.3) is 0 Å². The lowest BCUT2D eigenvalue weighted by molar-refractivity contribution is 0.213. The number of aliphatic hydroxyl groups is 1. The molecular weight excluding hydrogens is 316 g/mol. The Balaban J connectivity index is 2.58. The van der Waals surface area contributed by atoms with Crippen LogP contribution in [-0.2, 0) is 0 Å². The molecule has 0 fully saturated rings. The first-order valence-electron chi connectivity index (χ1n) is 6.53. The van der Waals surface area contributed by atoms with E-state index in [0.717, 1.165) is 38.0 Å². The molecular formula is C17H19BrO2. The summed E-state index contributed by atoms with van der Waals surface area (Å²) in [4.78, 5) is 0.